The lowest BCUT2D eigenvalue weighted by Gasteiger charge is -2.12. The third-order valence-electron chi connectivity index (χ3n) is 11.5. The van der Waals surface area contributed by atoms with E-state index < -0.39 is 0 Å². The van der Waals surface area contributed by atoms with Crippen LogP contribution in [0.5, 0.6) is 0 Å². The Morgan fingerprint density at radius 3 is 1.86 bits per heavy atom. The molecule has 13 aromatic rings. The van der Waals surface area contributed by atoms with Crippen molar-refractivity contribution in [2.45, 2.75) is 0 Å². The maximum Gasteiger partial charge on any atom is 0.238 e. The number of hydrogen-bond acceptors (Lipinski definition) is 6. The molecule has 0 radical (unpaired) electrons. The number of fused-ring (bicyclic) bond motifs is 12. The van der Waals surface area contributed by atoms with E-state index in [1.807, 2.05) is 54.6 Å². The Morgan fingerprint density at radius 2 is 1.05 bits per heavy atom. The summed E-state index contributed by atoms with van der Waals surface area (Å²) in [6.07, 6.45) is 1.74. The first kappa shape index (κ1) is 31.1. The van der Waals surface area contributed by atoms with Crippen molar-refractivity contribution in [3.8, 4) is 34.4 Å². The number of rotatable bonds is 4. The van der Waals surface area contributed by atoms with E-state index in [4.69, 9.17) is 23.8 Å². The number of benzene rings is 7. The number of hydrogen-bond donors (Lipinski definition) is 0. The fourth-order valence-electron chi connectivity index (χ4n) is 8.94. The van der Waals surface area contributed by atoms with Gasteiger partial charge in [0.05, 0.1) is 22.1 Å². The maximum atomic E-state index is 6.32. The van der Waals surface area contributed by atoms with Gasteiger partial charge >= 0.3 is 0 Å². The number of pyridine rings is 1. The van der Waals surface area contributed by atoms with Gasteiger partial charge in [-0.2, -0.15) is 9.97 Å². The van der Waals surface area contributed by atoms with Gasteiger partial charge in [0.25, 0.3) is 0 Å². The van der Waals surface area contributed by atoms with Gasteiger partial charge in [-0.15, -0.1) is 0 Å². The molecule has 0 saturated heterocycles. The van der Waals surface area contributed by atoms with Gasteiger partial charge in [0, 0.05) is 66.1 Å². The van der Waals surface area contributed by atoms with Crippen molar-refractivity contribution < 1.29 is 8.83 Å². The van der Waals surface area contributed by atoms with E-state index in [2.05, 4.69) is 123 Å². The zero-order valence-electron chi connectivity index (χ0n) is 30.7. The summed E-state index contributed by atoms with van der Waals surface area (Å²) in [6, 6.07) is 56.5. The Morgan fingerprint density at radius 1 is 0.397 bits per heavy atom. The zero-order valence-corrected chi connectivity index (χ0v) is 30.7. The largest absolute Gasteiger partial charge is 0.456 e. The smallest absolute Gasteiger partial charge is 0.238 e. The average molecular weight is 745 g/mol. The van der Waals surface area contributed by atoms with E-state index in [9.17, 15) is 0 Å². The summed E-state index contributed by atoms with van der Waals surface area (Å²) >= 11 is 0. The van der Waals surface area contributed by atoms with E-state index in [0.717, 1.165) is 82.4 Å². The number of para-hydroxylation sites is 4. The van der Waals surface area contributed by atoms with Crippen LogP contribution in [0.1, 0.15) is 0 Å². The summed E-state index contributed by atoms with van der Waals surface area (Å²) in [5.74, 6) is 1.57. The van der Waals surface area contributed by atoms with Gasteiger partial charge in [0.2, 0.25) is 11.7 Å². The second kappa shape index (κ2) is 11.7. The fraction of sp³-hybridized carbons (Fsp3) is 0. The topological polar surface area (TPSA) is 87.7 Å². The quantitative estimate of drug-likeness (QED) is 0.178. The molecule has 0 fully saturated rings. The molecule has 0 saturated carbocycles. The van der Waals surface area contributed by atoms with Crippen LogP contribution in [0.3, 0.4) is 0 Å². The van der Waals surface area contributed by atoms with Crippen molar-refractivity contribution in [3.63, 3.8) is 0 Å². The third kappa shape index (κ3) is 4.39. The molecule has 0 bridgehead atoms. The van der Waals surface area contributed by atoms with Gasteiger partial charge in [0.15, 0.2) is 11.6 Å². The highest BCUT2D eigenvalue weighted by Gasteiger charge is 2.22. The first-order valence-corrected chi connectivity index (χ1v) is 19.2. The van der Waals surface area contributed by atoms with E-state index in [1.54, 1.807) is 6.20 Å². The highest BCUT2D eigenvalue weighted by atomic mass is 16.3. The molecule has 6 aromatic heterocycles. The van der Waals surface area contributed by atoms with Crippen LogP contribution in [0, 0.1) is 0 Å². The fourth-order valence-corrected chi connectivity index (χ4v) is 8.94. The summed E-state index contributed by atoms with van der Waals surface area (Å²) in [7, 11) is 0. The average Bonchev–Trinajstić information content (AvgIpc) is 4.03. The Balaban J connectivity index is 1.08. The van der Waals surface area contributed by atoms with Crippen molar-refractivity contribution >= 4 is 87.6 Å². The zero-order chi connectivity index (χ0) is 37.9. The number of aromatic nitrogens is 6. The molecule has 8 nitrogen and oxygen atoms in total. The molecule has 0 unspecified atom stereocenters. The molecule has 270 valence electrons. The minimum atomic E-state index is 0.506. The molecule has 0 N–H and O–H groups in total. The molecular weight excluding hydrogens is 717 g/mol. The summed E-state index contributed by atoms with van der Waals surface area (Å²) in [6.45, 7) is 0. The van der Waals surface area contributed by atoms with Crippen molar-refractivity contribution in [3.05, 3.63) is 170 Å². The molecule has 0 aliphatic rings. The van der Waals surface area contributed by atoms with Crippen molar-refractivity contribution in [2.75, 3.05) is 0 Å². The Kier molecular flexibility index (Phi) is 6.29. The van der Waals surface area contributed by atoms with Gasteiger partial charge in [-0.25, -0.2) is 9.97 Å². The van der Waals surface area contributed by atoms with Crippen LogP contribution < -0.4 is 0 Å². The Labute approximate surface area is 328 Å². The van der Waals surface area contributed by atoms with Crippen LogP contribution in [0.25, 0.3) is 122 Å². The molecule has 6 heterocycles. The van der Waals surface area contributed by atoms with Gasteiger partial charge in [-0.1, -0.05) is 91.0 Å². The molecular formula is C50H28N6O2. The van der Waals surface area contributed by atoms with E-state index in [-0.39, 0.29) is 0 Å². The van der Waals surface area contributed by atoms with Crippen molar-refractivity contribution in [2.24, 2.45) is 0 Å². The molecule has 0 aliphatic carbocycles. The molecule has 13 rings (SSSR count). The molecule has 0 aliphatic heterocycles. The van der Waals surface area contributed by atoms with Crippen LogP contribution in [-0.2, 0) is 0 Å². The standard InChI is InChI=1S/C50H28N6O2/c1-5-17-39-31(11-1)32-12-2-6-18-40(32)55(39)30-23-25-42-38(28-30)33-13-3-7-19-41(33)56(42)50-53-47(29-22-24-34-35-16-10-26-51-49(35)58-45(34)27-29)52-48(54-50)37-15-9-21-44-46(37)36-14-4-8-20-43(36)57-44/h1-28H. The highest BCUT2D eigenvalue weighted by Crippen LogP contribution is 2.39. The van der Waals surface area contributed by atoms with E-state index >= 15 is 0 Å². The summed E-state index contributed by atoms with van der Waals surface area (Å²) in [4.78, 5) is 20.3. The van der Waals surface area contributed by atoms with Gasteiger partial charge < -0.3 is 13.4 Å². The van der Waals surface area contributed by atoms with Gasteiger partial charge in [-0.3, -0.25) is 4.57 Å². The number of nitrogens with zero attached hydrogens (tertiary/aromatic N) is 6. The molecule has 8 heteroatoms. The minimum Gasteiger partial charge on any atom is -0.456 e. The summed E-state index contributed by atoms with van der Waals surface area (Å²) in [5, 5.41) is 8.55. The minimum absolute atomic E-state index is 0.506. The highest BCUT2D eigenvalue weighted by molar-refractivity contribution is 6.13. The molecule has 58 heavy (non-hydrogen) atoms. The van der Waals surface area contributed by atoms with Gasteiger partial charge in [-0.05, 0) is 72.8 Å². The lowest BCUT2D eigenvalue weighted by Crippen LogP contribution is -2.06. The van der Waals surface area contributed by atoms with E-state index in [1.165, 1.54) is 10.8 Å². The molecule has 0 atom stereocenters. The Hall–Kier alpha value is -8.10. The third-order valence-corrected chi connectivity index (χ3v) is 11.5. The maximum absolute atomic E-state index is 6.32. The molecule has 0 spiro atoms. The Bertz CT molecular complexity index is 3780. The lowest BCUT2D eigenvalue weighted by atomic mass is 10.1. The predicted octanol–water partition coefficient (Wildman–Crippen LogP) is 12.6. The molecule has 0 amide bonds. The lowest BCUT2D eigenvalue weighted by molar-refractivity contribution is 0.654. The second-order valence-corrected chi connectivity index (χ2v) is 14.7. The van der Waals surface area contributed by atoms with Crippen LogP contribution in [-0.4, -0.2) is 29.1 Å². The first-order valence-electron chi connectivity index (χ1n) is 19.2. The van der Waals surface area contributed by atoms with Crippen LogP contribution in [0.15, 0.2) is 179 Å². The second-order valence-electron chi connectivity index (χ2n) is 14.7. The summed E-state index contributed by atoms with van der Waals surface area (Å²) < 4.78 is 17.1. The van der Waals surface area contributed by atoms with Crippen molar-refractivity contribution in [1.82, 2.24) is 29.1 Å². The monoisotopic (exact) mass is 744 g/mol. The number of furan rings is 2. The predicted molar refractivity (Wildman–Crippen MR) is 232 cm³/mol. The first-order chi connectivity index (χ1) is 28.7. The van der Waals surface area contributed by atoms with Gasteiger partial charge in [0.1, 0.15) is 16.7 Å². The SMILES string of the molecule is c1ccc2c(c1)oc1cccc(-c3nc(-c4ccc5c(c4)oc4ncccc45)nc(-n4c5ccccc5c5cc(-n6c7ccccc7c7ccccc76)ccc54)n3)c12. The van der Waals surface area contributed by atoms with Crippen LogP contribution >= 0.6 is 0 Å². The summed E-state index contributed by atoms with van der Waals surface area (Å²) in [5.41, 5.74) is 9.93. The van der Waals surface area contributed by atoms with E-state index in [0.29, 0.717) is 28.9 Å². The normalized spacial score (nSPS) is 12.1. The van der Waals surface area contributed by atoms with Crippen molar-refractivity contribution in [1.29, 1.82) is 0 Å². The van der Waals surface area contributed by atoms with Crippen LogP contribution in [0.4, 0.5) is 0 Å². The van der Waals surface area contributed by atoms with Crippen LogP contribution in [0.2, 0.25) is 0 Å². The molecule has 7 aromatic carbocycles.